The smallest absolute Gasteiger partial charge is 0.344 e. The van der Waals surface area contributed by atoms with Gasteiger partial charge in [-0.2, -0.15) is 0 Å². The molecule has 0 atom stereocenters. The lowest BCUT2D eigenvalue weighted by atomic mass is 9.96. The van der Waals surface area contributed by atoms with Gasteiger partial charge in [-0.3, -0.25) is 0 Å². The van der Waals surface area contributed by atoms with Gasteiger partial charge in [-0.25, -0.2) is 9.59 Å². The molecule has 0 radical (unpaired) electrons. The number of hydrogen-bond donors (Lipinski definition) is 0. The van der Waals surface area contributed by atoms with Gasteiger partial charge in [-0.05, 0) is 66.4 Å². The molecule has 6 heteroatoms. The maximum absolute atomic E-state index is 12.9. The zero-order valence-electron chi connectivity index (χ0n) is 19.2. The van der Waals surface area contributed by atoms with Crippen LogP contribution in [0.25, 0.3) is 44.2 Å². The minimum absolute atomic E-state index is 0.368. The fourth-order valence-electron chi connectivity index (χ4n) is 4.38. The van der Waals surface area contributed by atoms with Crippen molar-refractivity contribution in [3.8, 4) is 33.8 Å². The van der Waals surface area contributed by atoms with Crippen molar-refractivity contribution in [3.05, 3.63) is 92.6 Å². The van der Waals surface area contributed by atoms with Crippen LogP contribution in [0.5, 0.6) is 11.5 Å². The van der Waals surface area contributed by atoms with Gasteiger partial charge in [-0.1, -0.05) is 24.3 Å². The molecule has 0 aliphatic carbocycles. The molecule has 34 heavy (non-hydrogen) atoms. The molecule has 3 aromatic carbocycles. The van der Waals surface area contributed by atoms with Gasteiger partial charge in [0.15, 0.2) is 0 Å². The van der Waals surface area contributed by atoms with E-state index >= 15 is 0 Å². The van der Waals surface area contributed by atoms with Gasteiger partial charge in [-0.15, -0.1) is 0 Å². The van der Waals surface area contributed by atoms with Crippen LogP contribution < -0.4 is 20.7 Å². The van der Waals surface area contributed by atoms with Gasteiger partial charge in [0.1, 0.15) is 22.7 Å². The predicted molar refractivity (Wildman–Crippen MR) is 132 cm³/mol. The van der Waals surface area contributed by atoms with Crippen LogP contribution in [-0.4, -0.2) is 14.2 Å². The Balaban J connectivity index is 1.76. The number of fused-ring (bicyclic) bond motifs is 2. The van der Waals surface area contributed by atoms with Crippen molar-refractivity contribution in [1.29, 1.82) is 0 Å². The molecule has 0 spiro atoms. The van der Waals surface area contributed by atoms with Gasteiger partial charge >= 0.3 is 11.3 Å². The van der Waals surface area contributed by atoms with E-state index in [2.05, 4.69) is 0 Å². The quantitative estimate of drug-likeness (QED) is 0.250. The van der Waals surface area contributed by atoms with E-state index in [4.69, 9.17) is 18.3 Å². The van der Waals surface area contributed by atoms with E-state index in [1.807, 2.05) is 44.2 Å². The number of rotatable bonds is 4. The Morgan fingerprint density at radius 1 is 0.588 bits per heavy atom. The molecule has 0 amide bonds. The van der Waals surface area contributed by atoms with Crippen molar-refractivity contribution in [2.45, 2.75) is 13.8 Å². The van der Waals surface area contributed by atoms with Crippen molar-refractivity contribution < 1.29 is 18.3 Å². The maximum Gasteiger partial charge on any atom is 0.344 e. The van der Waals surface area contributed by atoms with E-state index < -0.39 is 11.3 Å². The molecular formula is C28H22O6. The summed E-state index contributed by atoms with van der Waals surface area (Å²) in [6.45, 7) is 3.78. The van der Waals surface area contributed by atoms with Crippen LogP contribution in [0, 0.1) is 13.8 Å². The third kappa shape index (κ3) is 3.44. The first-order chi connectivity index (χ1) is 16.4. The van der Waals surface area contributed by atoms with Gasteiger partial charge in [0, 0.05) is 16.8 Å². The first-order valence-corrected chi connectivity index (χ1v) is 10.7. The first kappa shape index (κ1) is 21.5. The van der Waals surface area contributed by atoms with Crippen molar-refractivity contribution in [2.24, 2.45) is 0 Å². The molecule has 0 fully saturated rings. The van der Waals surface area contributed by atoms with Gasteiger partial charge in [0.05, 0.1) is 25.3 Å². The van der Waals surface area contributed by atoms with Crippen molar-refractivity contribution in [3.63, 3.8) is 0 Å². The minimum atomic E-state index is -0.455. The summed E-state index contributed by atoms with van der Waals surface area (Å²) in [5, 5.41) is 1.55. The molecular weight excluding hydrogens is 432 g/mol. The second kappa shape index (κ2) is 8.23. The molecule has 5 aromatic rings. The van der Waals surface area contributed by atoms with E-state index in [-0.39, 0.29) is 0 Å². The van der Waals surface area contributed by atoms with Crippen molar-refractivity contribution in [1.82, 2.24) is 0 Å². The number of benzene rings is 3. The summed E-state index contributed by atoms with van der Waals surface area (Å²) in [7, 11) is 3.19. The van der Waals surface area contributed by atoms with Crippen LogP contribution in [0.15, 0.2) is 79.1 Å². The molecule has 6 nitrogen and oxygen atoms in total. The SMILES string of the molecule is COc1ccc(-c2c(C)c3cc4c(C)c(-c5ccc(OC)cc5)c(=O)oc4cc3oc2=O)cc1. The Bertz CT molecular complexity index is 1530. The predicted octanol–water partition coefficient (Wildman–Crippen LogP) is 5.87. The zero-order valence-corrected chi connectivity index (χ0v) is 19.2. The zero-order chi connectivity index (χ0) is 24.0. The summed E-state index contributed by atoms with van der Waals surface area (Å²) in [5.74, 6) is 1.41. The number of ether oxygens (including phenoxy) is 2. The maximum atomic E-state index is 12.9. The molecule has 0 aliphatic rings. The highest BCUT2D eigenvalue weighted by molar-refractivity contribution is 5.99. The lowest BCUT2D eigenvalue weighted by molar-refractivity contribution is 0.414. The van der Waals surface area contributed by atoms with Gasteiger partial charge < -0.3 is 18.3 Å². The topological polar surface area (TPSA) is 78.9 Å². The number of aryl methyl sites for hydroxylation is 2. The highest BCUT2D eigenvalue weighted by atomic mass is 16.5. The van der Waals surface area contributed by atoms with Crippen LogP contribution >= 0.6 is 0 Å². The summed E-state index contributed by atoms with van der Waals surface area (Å²) < 4.78 is 21.7. The highest BCUT2D eigenvalue weighted by Gasteiger charge is 2.18. The Kier molecular flexibility index (Phi) is 5.21. The molecule has 2 heterocycles. The van der Waals surface area contributed by atoms with Crippen LogP contribution in [0.2, 0.25) is 0 Å². The third-order valence-corrected chi connectivity index (χ3v) is 6.21. The molecule has 0 aliphatic heterocycles. The van der Waals surface area contributed by atoms with Crippen LogP contribution in [0.1, 0.15) is 11.1 Å². The van der Waals surface area contributed by atoms with Gasteiger partial charge in [0.25, 0.3) is 0 Å². The standard InChI is InChI=1S/C28H22O6/c1-15-21-13-22-16(2)26(18-7-11-20(32-4)12-8-18)28(30)34-24(22)14-23(21)33-27(29)25(15)17-5-9-19(31-3)10-6-17/h5-14H,1-4H3. The normalized spacial score (nSPS) is 11.2. The third-order valence-electron chi connectivity index (χ3n) is 6.21. The summed E-state index contributed by atoms with van der Waals surface area (Å²) in [6, 6.07) is 18.1. The van der Waals surface area contributed by atoms with E-state index in [1.165, 1.54) is 0 Å². The lowest BCUT2D eigenvalue weighted by Crippen LogP contribution is -2.08. The fraction of sp³-hybridized carbons (Fsp3) is 0.143. The molecule has 2 aromatic heterocycles. The van der Waals surface area contributed by atoms with E-state index in [0.29, 0.717) is 33.8 Å². The Hall–Kier alpha value is -4.32. The fourth-order valence-corrected chi connectivity index (χ4v) is 4.38. The van der Waals surface area contributed by atoms with Gasteiger partial charge in [0.2, 0.25) is 0 Å². The lowest BCUT2D eigenvalue weighted by Gasteiger charge is -2.12. The number of methoxy groups -OCH3 is 2. The summed E-state index contributed by atoms with van der Waals surface area (Å²) in [5.41, 5.74) is 3.85. The Morgan fingerprint density at radius 2 is 0.971 bits per heavy atom. The monoisotopic (exact) mass is 454 g/mol. The minimum Gasteiger partial charge on any atom is -0.497 e. The van der Waals surface area contributed by atoms with Crippen LogP contribution in [0.4, 0.5) is 0 Å². The summed E-state index contributed by atoms with van der Waals surface area (Å²) >= 11 is 0. The Morgan fingerprint density at radius 3 is 1.32 bits per heavy atom. The van der Waals surface area contributed by atoms with Crippen LogP contribution in [-0.2, 0) is 0 Å². The summed E-state index contributed by atoms with van der Waals surface area (Å²) in [4.78, 5) is 25.7. The average molecular weight is 454 g/mol. The van der Waals surface area contributed by atoms with Crippen molar-refractivity contribution >= 4 is 21.9 Å². The molecule has 0 bridgehead atoms. The van der Waals surface area contributed by atoms with E-state index in [1.54, 1.807) is 44.6 Å². The second-order valence-corrected chi connectivity index (χ2v) is 8.08. The Labute approximate surface area is 195 Å². The average Bonchev–Trinajstić information content (AvgIpc) is 2.84. The first-order valence-electron chi connectivity index (χ1n) is 10.7. The van der Waals surface area contributed by atoms with Crippen molar-refractivity contribution in [2.75, 3.05) is 14.2 Å². The largest absolute Gasteiger partial charge is 0.497 e. The second-order valence-electron chi connectivity index (χ2n) is 8.08. The molecule has 5 rings (SSSR count). The molecule has 0 saturated carbocycles. The van der Waals surface area contributed by atoms with E-state index in [0.717, 1.165) is 33.0 Å². The molecule has 0 N–H and O–H groups in total. The number of hydrogen-bond acceptors (Lipinski definition) is 6. The highest BCUT2D eigenvalue weighted by Crippen LogP contribution is 2.34. The molecule has 0 saturated heterocycles. The van der Waals surface area contributed by atoms with Crippen LogP contribution in [0.3, 0.4) is 0 Å². The van der Waals surface area contributed by atoms with E-state index in [9.17, 15) is 9.59 Å². The summed E-state index contributed by atoms with van der Waals surface area (Å²) in [6.07, 6.45) is 0. The molecule has 0 unspecified atom stereocenters. The molecule has 170 valence electrons.